The van der Waals surface area contributed by atoms with Crippen LogP contribution in [-0.4, -0.2) is 7.05 Å². The van der Waals surface area contributed by atoms with Crippen molar-refractivity contribution in [3.8, 4) is 0 Å². The molecule has 0 fully saturated rings. The van der Waals surface area contributed by atoms with E-state index in [2.05, 4.69) is 145 Å². The Hall–Kier alpha value is -3.84. The summed E-state index contributed by atoms with van der Waals surface area (Å²) in [7, 11) is 2.24. The summed E-state index contributed by atoms with van der Waals surface area (Å²) in [4.78, 5) is 2.42. The molecule has 3 aromatic rings. The van der Waals surface area contributed by atoms with Crippen molar-refractivity contribution < 1.29 is 0 Å². The molecular formula is C41H43N. The van der Waals surface area contributed by atoms with E-state index >= 15 is 0 Å². The number of rotatable bonds is 4. The van der Waals surface area contributed by atoms with E-state index in [4.69, 9.17) is 0 Å². The zero-order valence-electron chi connectivity index (χ0n) is 26.3. The Balaban J connectivity index is 1.26. The Bertz CT molecular complexity index is 1780. The molecule has 1 atom stereocenters. The van der Waals surface area contributed by atoms with Crippen LogP contribution in [0, 0.1) is 5.92 Å². The maximum absolute atomic E-state index is 2.46. The van der Waals surface area contributed by atoms with Gasteiger partial charge in [0.25, 0.3) is 0 Å². The number of hydrogen-bond acceptors (Lipinski definition) is 1. The predicted molar refractivity (Wildman–Crippen MR) is 182 cm³/mol. The molecule has 0 bridgehead atoms. The zero-order chi connectivity index (χ0) is 29.4. The molecule has 1 unspecified atom stereocenters. The number of aryl methyl sites for hydroxylation is 1. The first-order chi connectivity index (χ1) is 20.1. The molecule has 0 N–H and O–H groups in total. The van der Waals surface area contributed by atoms with Crippen molar-refractivity contribution in [2.45, 2.75) is 71.6 Å². The normalized spacial score (nSPS) is 21.9. The lowest BCUT2D eigenvalue weighted by molar-refractivity contribution is 0.538. The topological polar surface area (TPSA) is 3.24 Å². The van der Waals surface area contributed by atoms with Gasteiger partial charge in [0.15, 0.2) is 0 Å². The Morgan fingerprint density at radius 2 is 1.62 bits per heavy atom. The minimum absolute atomic E-state index is 0.0587. The molecular weight excluding hydrogens is 506 g/mol. The summed E-state index contributed by atoms with van der Waals surface area (Å²) >= 11 is 0. The summed E-state index contributed by atoms with van der Waals surface area (Å²) in [5, 5.41) is 0. The summed E-state index contributed by atoms with van der Waals surface area (Å²) in [5.74, 6) is 0.455. The molecule has 0 saturated carbocycles. The molecule has 1 heterocycles. The lowest BCUT2D eigenvalue weighted by atomic mass is 9.74. The van der Waals surface area contributed by atoms with Gasteiger partial charge >= 0.3 is 0 Å². The van der Waals surface area contributed by atoms with E-state index in [9.17, 15) is 0 Å². The Morgan fingerprint density at radius 3 is 2.40 bits per heavy atom. The van der Waals surface area contributed by atoms with Gasteiger partial charge in [-0.1, -0.05) is 119 Å². The van der Waals surface area contributed by atoms with E-state index in [0.29, 0.717) is 5.92 Å². The second kappa shape index (κ2) is 9.60. The first-order valence-electron chi connectivity index (χ1n) is 15.7. The molecule has 42 heavy (non-hydrogen) atoms. The number of anilines is 1. The van der Waals surface area contributed by atoms with Gasteiger partial charge in [-0.05, 0) is 99.9 Å². The minimum atomic E-state index is -0.0587. The van der Waals surface area contributed by atoms with Crippen LogP contribution in [0.1, 0.15) is 93.3 Å². The molecule has 1 heteroatoms. The lowest BCUT2D eigenvalue weighted by Gasteiger charge is -2.29. The van der Waals surface area contributed by atoms with E-state index < -0.39 is 0 Å². The molecule has 0 radical (unpaired) electrons. The maximum Gasteiger partial charge on any atom is 0.0454 e. The molecule has 1 nitrogen and oxygen atoms in total. The summed E-state index contributed by atoms with van der Waals surface area (Å²) in [6, 6.07) is 22.7. The molecule has 4 aliphatic rings. The van der Waals surface area contributed by atoms with Crippen LogP contribution in [-0.2, 0) is 17.3 Å². The lowest BCUT2D eigenvalue weighted by Crippen LogP contribution is -2.23. The van der Waals surface area contributed by atoms with Gasteiger partial charge in [-0.3, -0.25) is 0 Å². The molecule has 0 aromatic heterocycles. The fraction of sp³-hybridized carbons (Fsp3) is 0.317. The van der Waals surface area contributed by atoms with Gasteiger partial charge in [-0.25, -0.2) is 0 Å². The van der Waals surface area contributed by atoms with Gasteiger partial charge in [0.2, 0.25) is 0 Å². The SMILES string of the molecule is CC1=C(CC(C)C2=Cc3ccccc3C2(C)C)c2ccccc2/C1=C\C=C1\N(C)c2ccc3c(c2C1(C)C)C=CCC3. The summed E-state index contributed by atoms with van der Waals surface area (Å²) in [5.41, 5.74) is 18.6. The third kappa shape index (κ3) is 3.89. The largest absolute Gasteiger partial charge is 0.347 e. The molecule has 3 aromatic carbocycles. The Kier molecular flexibility index (Phi) is 6.17. The average Bonchev–Trinajstić information content (AvgIpc) is 3.49. The summed E-state index contributed by atoms with van der Waals surface area (Å²) in [6.07, 6.45) is 15.3. The third-order valence-corrected chi connectivity index (χ3v) is 10.7. The van der Waals surface area contributed by atoms with Gasteiger partial charge in [0.05, 0.1) is 0 Å². The van der Waals surface area contributed by atoms with Crippen LogP contribution in [0.5, 0.6) is 0 Å². The van der Waals surface area contributed by atoms with Crippen LogP contribution in [0.15, 0.2) is 95.7 Å². The molecule has 3 aliphatic carbocycles. The van der Waals surface area contributed by atoms with E-state index in [0.717, 1.165) is 19.3 Å². The molecule has 212 valence electrons. The second-order valence-electron chi connectivity index (χ2n) is 13.9. The highest BCUT2D eigenvalue weighted by atomic mass is 15.2. The monoisotopic (exact) mass is 549 g/mol. The quantitative estimate of drug-likeness (QED) is 0.313. The Morgan fingerprint density at radius 1 is 0.881 bits per heavy atom. The molecule has 7 rings (SSSR count). The number of benzene rings is 3. The molecule has 1 aliphatic heterocycles. The first kappa shape index (κ1) is 27.0. The van der Waals surface area contributed by atoms with Crippen molar-refractivity contribution in [3.05, 3.63) is 135 Å². The van der Waals surface area contributed by atoms with Crippen LogP contribution in [0.3, 0.4) is 0 Å². The van der Waals surface area contributed by atoms with Gasteiger partial charge in [-0.2, -0.15) is 0 Å². The number of allylic oxidation sites excluding steroid dienone is 8. The highest BCUT2D eigenvalue weighted by molar-refractivity contribution is 6.00. The van der Waals surface area contributed by atoms with Crippen molar-refractivity contribution in [2.24, 2.45) is 5.92 Å². The standard InChI is InChI=1S/C41H43N/c1-26(36-25-29-15-9-13-19-35(29)40(36,3)4)24-34-27(2)30(32-17-11-12-18-33(32)34)21-23-38-41(5,6)39-31-16-10-8-14-28(31)20-22-37(39)42(38)7/h9-13,15-23,25-26H,8,14,24H2,1-7H3/b30-21-,38-23+. The van der Waals surface area contributed by atoms with E-state index in [-0.39, 0.29) is 10.8 Å². The number of nitrogens with zero attached hydrogens (tertiary/aromatic N) is 1. The van der Waals surface area contributed by atoms with Crippen LogP contribution >= 0.6 is 0 Å². The number of fused-ring (bicyclic) bond motifs is 5. The van der Waals surface area contributed by atoms with Gasteiger partial charge in [0, 0.05) is 29.3 Å². The van der Waals surface area contributed by atoms with Crippen molar-refractivity contribution >= 4 is 29.0 Å². The second-order valence-corrected chi connectivity index (χ2v) is 13.9. The first-order valence-corrected chi connectivity index (χ1v) is 15.7. The van der Waals surface area contributed by atoms with Crippen LogP contribution in [0.4, 0.5) is 5.69 Å². The average molecular weight is 550 g/mol. The van der Waals surface area contributed by atoms with Crippen LogP contribution < -0.4 is 4.90 Å². The minimum Gasteiger partial charge on any atom is -0.347 e. The summed E-state index contributed by atoms with van der Waals surface area (Å²) < 4.78 is 0. The van der Waals surface area contributed by atoms with Crippen LogP contribution in [0.25, 0.3) is 23.3 Å². The van der Waals surface area contributed by atoms with Gasteiger partial charge < -0.3 is 4.90 Å². The third-order valence-electron chi connectivity index (χ3n) is 10.7. The maximum atomic E-state index is 2.46. The molecule has 0 amide bonds. The van der Waals surface area contributed by atoms with Gasteiger partial charge in [-0.15, -0.1) is 0 Å². The molecule has 0 saturated heterocycles. The smallest absolute Gasteiger partial charge is 0.0454 e. The highest BCUT2D eigenvalue weighted by Crippen LogP contribution is 2.52. The Labute approximate surface area is 252 Å². The predicted octanol–water partition coefficient (Wildman–Crippen LogP) is 10.5. The zero-order valence-corrected chi connectivity index (χ0v) is 26.3. The van der Waals surface area contributed by atoms with Crippen LogP contribution in [0.2, 0.25) is 0 Å². The molecule has 0 spiro atoms. The van der Waals surface area contributed by atoms with Gasteiger partial charge in [0.1, 0.15) is 0 Å². The fourth-order valence-corrected chi connectivity index (χ4v) is 8.49. The van der Waals surface area contributed by atoms with E-state index in [1.54, 1.807) is 5.57 Å². The van der Waals surface area contributed by atoms with E-state index in [1.807, 2.05) is 0 Å². The fourth-order valence-electron chi connectivity index (χ4n) is 8.49. The van der Waals surface area contributed by atoms with Crippen molar-refractivity contribution in [2.75, 3.05) is 11.9 Å². The highest BCUT2D eigenvalue weighted by Gasteiger charge is 2.41. The van der Waals surface area contributed by atoms with Crippen molar-refractivity contribution in [1.82, 2.24) is 0 Å². The van der Waals surface area contributed by atoms with E-state index in [1.165, 1.54) is 67.0 Å². The van der Waals surface area contributed by atoms with Crippen molar-refractivity contribution in [1.29, 1.82) is 0 Å². The number of hydrogen-bond donors (Lipinski definition) is 0. The van der Waals surface area contributed by atoms with Crippen molar-refractivity contribution in [3.63, 3.8) is 0 Å². The number of likely N-dealkylation sites (N-methyl/N-ethyl adjacent to an activating group) is 1. The summed E-state index contributed by atoms with van der Waals surface area (Å²) in [6.45, 7) is 14.4.